The molecule has 17 heavy (non-hydrogen) atoms. The summed E-state index contributed by atoms with van der Waals surface area (Å²) in [5, 5.41) is 19.7. The molecule has 1 aromatic heterocycles. The van der Waals surface area contributed by atoms with Crippen molar-refractivity contribution in [2.45, 2.75) is 19.8 Å². The lowest BCUT2D eigenvalue weighted by molar-refractivity contribution is 0.0698. The van der Waals surface area contributed by atoms with Gasteiger partial charge in [0.2, 0.25) is 0 Å². The third-order valence-corrected chi connectivity index (χ3v) is 3.01. The molecule has 90 valence electrons. The van der Waals surface area contributed by atoms with Crippen molar-refractivity contribution in [1.29, 1.82) is 0 Å². The molecule has 0 fully saturated rings. The minimum Gasteiger partial charge on any atom is -0.507 e. The van der Waals surface area contributed by atoms with Crippen molar-refractivity contribution in [1.82, 2.24) is 4.57 Å². The molecular weight excluding hydrogens is 218 g/mol. The Morgan fingerprint density at radius 2 is 2.00 bits per heavy atom. The minimum absolute atomic E-state index is 0.0792. The van der Waals surface area contributed by atoms with Crippen molar-refractivity contribution in [3.63, 3.8) is 0 Å². The van der Waals surface area contributed by atoms with Gasteiger partial charge in [-0.25, -0.2) is 4.79 Å². The van der Waals surface area contributed by atoms with Crippen molar-refractivity contribution in [3.8, 4) is 5.75 Å². The predicted octanol–water partition coefficient (Wildman–Crippen LogP) is 2.71. The molecule has 0 aliphatic rings. The molecule has 1 heterocycles. The van der Waals surface area contributed by atoms with Crippen molar-refractivity contribution in [2.24, 2.45) is 7.05 Å². The standard InChI is InChI=1S/C13H15NO3/c1-7(2)8-4-5-10-11(12(8)15)9(13(16)17)6-14(10)3/h4-7,15H,1-3H3,(H,16,17). The third-order valence-electron chi connectivity index (χ3n) is 3.01. The fourth-order valence-corrected chi connectivity index (χ4v) is 2.11. The van der Waals surface area contributed by atoms with E-state index in [1.807, 2.05) is 26.0 Å². The molecule has 1 aromatic carbocycles. The number of hydrogen-bond acceptors (Lipinski definition) is 2. The van der Waals surface area contributed by atoms with Crippen LogP contribution in [0.5, 0.6) is 5.75 Å². The smallest absolute Gasteiger partial charge is 0.338 e. The lowest BCUT2D eigenvalue weighted by atomic mass is 9.99. The lowest BCUT2D eigenvalue weighted by Gasteiger charge is -2.09. The van der Waals surface area contributed by atoms with Crippen LogP contribution in [0.25, 0.3) is 10.9 Å². The summed E-state index contributed by atoms with van der Waals surface area (Å²) in [6.07, 6.45) is 1.52. The number of aromatic hydroxyl groups is 1. The van der Waals surface area contributed by atoms with Gasteiger partial charge in [-0.3, -0.25) is 0 Å². The van der Waals surface area contributed by atoms with E-state index in [1.165, 1.54) is 6.20 Å². The van der Waals surface area contributed by atoms with Gasteiger partial charge in [-0.15, -0.1) is 0 Å². The maximum Gasteiger partial charge on any atom is 0.338 e. The Morgan fingerprint density at radius 3 is 2.53 bits per heavy atom. The van der Waals surface area contributed by atoms with Crippen LogP contribution in [0, 0.1) is 0 Å². The number of aryl methyl sites for hydroxylation is 1. The van der Waals surface area contributed by atoms with Crippen LogP contribution in [-0.2, 0) is 7.05 Å². The Bertz CT molecular complexity index is 596. The molecular formula is C13H15NO3. The number of fused-ring (bicyclic) bond motifs is 1. The third kappa shape index (κ3) is 1.65. The van der Waals surface area contributed by atoms with Crippen LogP contribution < -0.4 is 0 Å². The summed E-state index contributed by atoms with van der Waals surface area (Å²) in [5.41, 5.74) is 1.64. The van der Waals surface area contributed by atoms with E-state index in [1.54, 1.807) is 11.6 Å². The Kier molecular flexibility index (Phi) is 2.58. The first-order valence-electron chi connectivity index (χ1n) is 5.47. The summed E-state index contributed by atoms with van der Waals surface area (Å²) < 4.78 is 1.71. The summed E-state index contributed by atoms with van der Waals surface area (Å²) in [4.78, 5) is 11.1. The van der Waals surface area contributed by atoms with Crippen LogP contribution in [0.15, 0.2) is 18.3 Å². The Labute approximate surface area is 99.1 Å². The molecule has 0 aliphatic carbocycles. The van der Waals surface area contributed by atoms with Gasteiger partial charge < -0.3 is 14.8 Å². The van der Waals surface area contributed by atoms with Gasteiger partial charge in [0.05, 0.1) is 16.5 Å². The molecule has 2 N–H and O–H groups in total. The summed E-state index contributed by atoms with van der Waals surface area (Å²) >= 11 is 0. The first-order valence-corrected chi connectivity index (χ1v) is 5.47. The molecule has 0 atom stereocenters. The van der Waals surface area contributed by atoms with E-state index in [9.17, 15) is 9.90 Å². The molecule has 0 radical (unpaired) electrons. The number of phenols is 1. The molecule has 4 nitrogen and oxygen atoms in total. The van der Waals surface area contributed by atoms with Gasteiger partial charge >= 0.3 is 5.97 Å². The molecule has 2 aromatic rings. The quantitative estimate of drug-likeness (QED) is 0.838. The highest BCUT2D eigenvalue weighted by molar-refractivity contribution is 6.06. The van der Waals surface area contributed by atoms with Crippen LogP contribution in [0.3, 0.4) is 0 Å². The van der Waals surface area contributed by atoms with E-state index in [-0.39, 0.29) is 17.2 Å². The predicted molar refractivity (Wildman–Crippen MR) is 65.6 cm³/mol. The molecule has 0 saturated heterocycles. The maximum atomic E-state index is 11.1. The van der Waals surface area contributed by atoms with E-state index >= 15 is 0 Å². The average molecular weight is 233 g/mol. The summed E-state index contributed by atoms with van der Waals surface area (Å²) in [5.74, 6) is -0.788. The second-order valence-corrected chi connectivity index (χ2v) is 4.51. The number of carboxylic acid groups (broad SMARTS) is 1. The lowest BCUT2D eigenvalue weighted by Crippen LogP contribution is -1.95. The highest BCUT2D eigenvalue weighted by Crippen LogP contribution is 2.36. The molecule has 0 spiro atoms. The van der Waals surface area contributed by atoms with Crippen LogP contribution >= 0.6 is 0 Å². The molecule has 0 bridgehead atoms. The van der Waals surface area contributed by atoms with Crippen LogP contribution in [0.4, 0.5) is 0 Å². The number of nitrogens with zero attached hydrogens (tertiary/aromatic N) is 1. The van der Waals surface area contributed by atoms with Crippen molar-refractivity contribution < 1.29 is 15.0 Å². The van der Waals surface area contributed by atoms with Crippen molar-refractivity contribution in [3.05, 3.63) is 29.5 Å². The summed E-state index contributed by atoms with van der Waals surface area (Å²) in [7, 11) is 1.77. The normalized spacial score (nSPS) is 11.3. The van der Waals surface area contributed by atoms with Crippen LogP contribution in [-0.4, -0.2) is 20.7 Å². The molecule has 0 unspecified atom stereocenters. The number of aromatic nitrogens is 1. The Hall–Kier alpha value is -1.97. The number of carbonyl (C=O) groups is 1. The monoisotopic (exact) mass is 233 g/mol. The second kappa shape index (κ2) is 3.80. The molecule has 4 heteroatoms. The number of phenolic OH excluding ortho intramolecular Hbond substituents is 1. The van der Waals surface area contributed by atoms with Crippen LogP contribution in [0.2, 0.25) is 0 Å². The highest BCUT2D eigenvalue weighted by Gasteiger charge is 2.19. The van der Waals surface area contributed by atoms with E-state index in [0.29, 0.717) is 5.39 Å². The van der Waals surface area contributed by atoms with Gasteiger partial charge in [0, 0.05) is 13.2 Å². The highest BCUT2D eigenvalue weighted by atomic mass is 16.4. The van der Waals surface area contributed by atoms with E-state index in [0.717, 1.165) is 11.1 Å². The first kappa shape index (κ1) is 11.5. The van der Waals surface area contributed by atoms with E-state index < -0.39 is 5.97 Å². The van der Waals surface area contributed by atoms with Gasteiger partial charge in [-0.05, 0) is 17.5 Å². The average Bonchev–Trinajstić information content (AvgIpc) is 2.57. The summed E-state index contributed by atoms with van der Waals surface area (Å²) in [6, 6.07) is 3.69. The Morgan fingerprint density at radius 1 is 1.35 bits per heavy atom. The minimum atomic E-state index is -1.02. The Balaban J connectivity index is 2.87. The maximum absolute atomic E-state index is 11.1. The largest absolute Gasteiger partial charge is 0.507 e. The SMILES string of the molecule is CC(C)c1ccc2c(c(C(=O)O)cn2C)c1O. The fourth-order valence-electron chi connectivity index (χ4n) is 2.11. The van der Waals surface area contributed by atoms with Gasteiger partial charge in [-0.1, -0.05) is 19.9 Å². The second-order valence-electron chi connectivity index (χ2n) is 4.51. The molecule has 2 rings (SSSR count). The number of carboxylic acids is 1. The van der Waals surface area contributed by atoms with Gasteiger partial charge in [0.1, 0.15) is 5.75 Å². The van der Waals surface area contributed by atoms with E-state index in [2.05, 4.69) is 0 Å². The van der Waals surface area contributed by atoms with Crippen molar-refractivity contribution in [2.75, 3.05) is 0 Å². The first-order chi connectivity index (χ1) is 7.93. The molecule has 0 saturated carbocycles. The van der Waals surface area contributed by atoms with Crippen LogP contribution in [0.1, 0.15) is 35.7 Å². The zero-order valence-corrected chi connectivity index (χ0v) is 10.1. The number of aromatic carboxylic acids is 1. The topological polar surface area (TPSA) is 62.5 Å². The zero-order chi connectivity index (χ0) is 12.7. The number of rotatable bonds is 2. The number of hydrogen-bond donors (Lipinski definition) is 2. The van der Waals surface area contributed by atoms with E-state index in [4.69, 9.17) is 5.11 Å². The molecule has 0 amide bonds. The zero-order valence-electron chi connectivity index (χ0n) is 10.1. The summed E-state index contributed by atoms with van der Waals surface area (Å²) in [6.45, 7) is 3.93. The number of benzene rings is 1. The van der Waals surface area contributed by atoms with Crippen molar-refractivity contribution >= 4 is 16.9 Å². The fraction of sp³-hybridized carbons (Fsp3) is 0.308. The van der Waals surface area contributed by atoms with Gasteiger partial charge in [0.25, 0.3) is 0 Å². The van der Waals surface area contributed by atoms with Gasteiger partial charge in [-0.2, -0.15) is 0 Å². The van der Waals surface area contributed by atoms with Gasteiger partial charge in [0.15, 0.2) is 0 Å². The molecule has 0 aliphatic heterocycles.